The van der Waals surface area contributed by atoms with E-state index >= 15 is 0 Å². The van der Waals surface area contributed by atoms with Crippen LogP contribution in [0.15, 0.2) is 12.1 Å². The summed E-state index contributed by atoms with van der Waals surface area (Å²) in [4.78, 5) is 0. The van der Waals surface area contributed by atoms with E-state index in [1.54, 1.807) is 0 Å². The van der Waals surface area contributed by atoms with Crippen LogP contribution in [0.2, 0.25) is 0 Å². The van der Waals surface area contributed by atoms with Gasteiger partial charge in [-0.3, -0.25) is 0 Å². The molecule has 2 atom stereocenters. The second-order valence-electron chi connectivity index (χ2n) is 15.8. The Bertz CT molecular complexity index is 741. The van der Waals surface area contributed by atoms with Crippen molar-refractivity contribution in [3.05, 3.63) is 28.8 Å². The van der Waals surface area contributed by atoms with Crippen molar-refractivity contribution in [3.8, 4) is 5.75 Å². The van der Waals surface area contributed by atoms with Gasteiger partial charge in [-0.05, 0) is 54.2 Å². The molecule has 0 aliphatic carbocycles. The third-order valence-electron chi connectivity index (χ3n) is 11.1. The fraction of sp³-hybridized carbons (Fsp3) is 0.870. The highest BCUT2D eigenvalue weighted by Crippen LogP contribution is 2.39. The predicted molar refractivity (Wildman–Crippen MR) is 213 cm³/mol. The van der Waals surface area contributed by atoms with E-state index in [2.05, 4.69) is 46.8 Å². The number of unbranched alkanes of at least 4 members (excludes halogenated alkanes) is 27. The molecular weight excluding hydrogens is 569 g/mol. The first-order valence-corrected chi connectivity index (χ1v) is 21.9. The molecular formula is C46H86O. The Morgan fingerprint density at radius 2 is 0.638 bits per heavy atom. The van der Waals surface area contributed by atoms with Crippen LogP contribution in [-0.4, -0.2) is 5.11 Å². The normalized spacial score (nSPS) is 13.0. The first-order valence-electron chi connectivity index (χ1n) is 21.9. The molecule has 0 amide bonds. The van der Waals surface area contributed by atoms with Gasteiger partial charge in [-0.2, -0.15) is 0 Å². The van der Waals surface area contributed by atoms with E-state index in [1.807, 2.05) is 0 Å². The molecule has 0 saturated carbocycles. The van der Waals surface area contributed by atoms with Gasteiger partial charge in [0.05, 0.1) is 0 Å². The standard InChI is InChI=1S/C46H86O/c1-6-9-12-15-18-20-22-24-26-28-30-33-36-41(4)44-39-43(38-35-32-17-14-11-8-3)40-45(46(44)47)42(5)37-34-31-29-27-25-23-21-19-16-13-10-7-2/h39-42,47H,6-38H2,1-5H3. The quantitative estimate of drug-likeness (QED) is 0.0722. The lowest BCUT2D eigenvalue weighted by Crippen LogP contribution is -2.03. The molecule has 47 heavy (non-hydrogen) atoms. The van der Waals surface area contributed by atoms with Gasteiger partial charge >= 0.3 is 0 Å². The molecule has 1 N–H and O–H groups in total. The molecule has 0 bridgehead atoms. The average molecular weight is 655 g/mol. The summed E-state index contributed by atoms with van der Waals surface area (Å²) in [7, 11) is 0. The van der Waals surface area contributed by atoms with Crippen LogP contribution in [0.1, 0.15) is 269 Å². The number of aromatic hydroxyl groups is 1. The van der Waals surface area contributed by atoms with Crippen LogP contribution in [0.4, 0.5) is 0 Å². The van der Waals surface area contributed by atoms with E-state index in [0.29, 0.717) is 17.6 Å². The Labute approximate surface area is 297 Å². The number of rotatable bonds is 35. The largest absolute Gasteiger partial charge is 0.507 e. The van der Waals surface area contributed by atoms with E-state index in [-0.39, 0.29) is 0 Å². The van der Waals surface area contributed by atoms with Crippen LogP contribution >= 0.6 is 0 Å². The van der Waals surface area contributed by atoms with Gasteiger partial charge in [0.25, 0.3) is 0 Å². The molecule has 1 nitrogen and oxygen atoms in total. The van der Waals surface area contributed by atoms with E-state index in [0.717, 1.165) is 0 Å². The lowest BCUT2D eigenvalue weighted by molar-refractivity contribution is 0.440. The molecule has 276 valence electrons. The molecule has 1 aromatic carbocycles. The minimum Gasteiger partial charge on any atom is -0.507 e. The first-order chi connectivity index (χ1) is 23.0. The molecule has 0 heterocycles. The summed E-state index contributed by atoms with van der Waals surface area (Å²) >= 11 is 0. The van der Waals surface area contributed by atoms with Crippen molar-refractivity contribution >= 4 is 0 Å². The van der Waals surface area contributed by atoms with Crippen LogP contribution in [0.5, 0.6) is 5.75 Å². The highest BCUT2D eigenvalue weighted by molar-refractivity contribution is 5.47. The van der Waals surface area contributed by atoms with Gasteiger partial charge in [-0.25, -0.2) is 0 Å². The molecule has 1 rings (SSSR count). The van der Waals surface area contributed by atoms with Gasteiger partial charge in [0.15, 0.2) is 0 Å². The fourth-order valence-electron chi connectivity index (χ4n) is 7.64. The van der Waals surface area contributed by atoms with Crippen molar-refractivity contribution in [2.45, 2.75) is 258 Å². The summed E-state index contributed by atoms with van der Waals surface area (Å²) in [5, 5.41) is 11.6. The Balaban J connectivity index is 2.52. The second-order valence-corrected chi connectivity index (χ2v) is 15.8. The Morgan fingerprint density at radius 3 is 0.936 bits per heavy atom. The summed E-state index contributed by atoms with van der Waals surface area (Å²) in [6.45, 7) is 11.7. The number of phenolic OH excluding ortho intramolecular Hbond substituents is 1. The zero-order valence-electron chi connectivity index (χ0n) is 33.1. The summed E-state index contributed by atoms with van der Waals surface area (Å²) in [5.74, 6) is 1.52. The van der Waals surface area contributed by atoms with Crippen molar-refractivity contribution in [2.75, 3.05) is 0 Å². The number of benzene rings is 1. The molecule has 0 saturated heterocycles. The predicted octanol–water partition coefficient (Wildman–Crippen LogP) is 16.7. The maximum Gasteiger partial charge on any atom is 0.122 e. The summed E-state index contributed by atoms with van der Waals surface area (Å²) in [6, 6.07) is 4.79. The Hall–Kier alpha value is -0.980. The van der Waals surface area contributed by atoms with Crippen LogP contribution in [0.3, 0.4) is 0 Å². The van der Waals surface area contributed by atoms with E-state index in [9.17, 15) is 5.11 Å². The van der Waals surface area contributed by atoms with Crippen molar-refractivity contribution in [1.29, 1.82) is 0 Å². The lowest BCUT2D eigenvalue weighted by Gasteiger charge is -2.21. The molecule has 0 spiro atoms. The van der Waals surface area contributed by atoms with Crippen molar-refractivity contribution < 1.29 is 5.11 Å². The Kier molecular flexibility index (Phi) is 30.2. The molecule has 0 aromatic heterocycles. The lowest BCUT2D eigenvalue weighted by atomic mass is 9.85. The summed E-state index contributed by atoms with van der Waals surface area (Å²) < 4.78 is 0. The van der Waals surface area contributed by atoms with Gasteiger partial charge in [0, 0.05) is 0 Å². The molecule has 0 radical (unpaired) electrons. The summed E-state index contributed by atoms with van der Waals surface area (Å²) in [5.41, 5.74) is 3.97. The minimum atomic E-state index is 0.445. The second kappa shape index (κ2) is 32.2. The third kappa shape index (κ3) is 23.9. The summed E-state index contributed by atoms with van der Waals surface area (Å²) in [6.07, 6.45) is 45.3. The maximum absolute atomic E-state index is 11.6. The zero-order chi connectivity index (χ0) is 34.2. The number of aryl methyl sites for hydroxylation is 1. The molecule has 0 aliphatic rings. The fourth-order valence-corrected chi connectivity index (χ4v) is 7.64. The van der Waals surface area contributed by atoms with Gasteiger partial charge in [0.2, 0.25) is 0 Å². The third-order valence-corrected chi connectivity index (χ3v) is 11.1. The monoisotopic (exact) mass is 655 g/mol. The van der Waals surface area contributed by atoms with Crippen LogP contribution in [-0.2, 0) is 6.42 Å². The van der Waals surface area contributed by atoms with Crippen LogP contribution in [0, 0.1) is 0 Å². The maximum atomic E-state index is 11.6. The van der Waals surface area contributed by atoms with E-state index < -0.39 is 0 Å². The van der Waals surface area contributed by atoms with Crippen molar-refractivity contribution in [1.82, 2.24) is 0 Å². The average Bonchev–Trinajstić information content (AvgIpc) is 3.07. The molecule has 1 aromatic rings. The molecule has 0 aliphatic heterocycles. The highest BCUT2D eigenvalue weighted by atomic mass is 16.3. The Morgan fingerprint density at radius 1 is 0.383 bits per heavy atom. The van der Waals surface area contributed by atoms with Gasteiger partial charge < -0.3 is 5.11 Å². The molecule has 1 heteroatoms. The molecule has 0 fully saturated rings. The van der Waals surface area contributed by atoms with Crippen molar-refractivity contribution in [3.63, 3.8) is 0 Å². The van der Waals surface area contributed by atoms with Crippen molar-refractivity contribution in [2.24, 2.45) is 0 Å². The van der Waals surface area contributed by atoms with Gasteiger partial charge in [-0.1, -0.05) is 233 Å². The van der Waals surface area contributed by atoms with Crippen LogP contribution < -0.4 is 0 Å². The van der Waals surface area contributed by atoms with Gasteiger partial charge in [0.1, 0.15) is 5.75 Å². The van der Waals surface area contributed by atoms with E-state index in [1.165, 1.54) is 229 Å². The highest BCUT2D eigenvalue weighted by Gasteiger charge is 2.19. The number of phenols is 1. The topological polar surface area (TPSA) is 20.2 Å². The van der Waals surface area contributed by atoms with Gasteiger partial charge in [-0.15, -0.1) is 0 Å². The van der Waals surface area contributed by atoms with E-state index in [4.69, 9.17) is 0 Å². The minimum absolute atomic E-state index is 0.445. The smallest absolute Gasteiger partial charge is 0.122 e. The molecule has 2 unspecified atom stereocenters. The zero-order valence-corrected chi connectivity index (χ0v) is 33.1. The SMILES string of the molecule is CCCCCCCCCCCCCCC(C)c1cc(CCCCCCCC)cc(C(C)CCCCCCCCCCCCCC)c1O. The first kappa shape index (κ1) is 44.0. The number of hydrogen-bond donors (Lipinski definition) is 1. The number of hydrogen-bond acceptors (Lipinski definition) is 1. The van der Waals surface area contributed by atoms with Crippen LogP contribution in [0.25, 0.3) is 0 Å².